The fourth-order valence-electron chi connectivity index (χ4n) is 1.83. The first kappa shape index (κ1) is 19.0. The van der Waals surface area contributed by atoms with Crippen molar-refractivity contribution in [2.75, 3.05) is 27.7 Å². The summed E-state index contributed by atoms with van der Waals surface area (Å²) in [6, 6.07) is 0. The van der Waals surface area contributed by atoms with Crippen molar-refractivity contribution in [3.8, 4) is 0 Å². The van der Waals surface area contributed by atoms with E-state index in [0.29, 0.717) is 23.9 Å². The predicted molar refractivity (Wildman–Crippen MR) is 79.1 cm³/mol. The van der Waals surface area contributed by atoms with E-state index in [1.165, 1.54) is 0 Å². The summed E-state index contributed by atoms with van der Waals surface area (Å²) in [5.41, 5.74) is 0. The number of thiocarbonyl (C=S) groups is 1. The Morgan fingerprint density at radius 2 is 1.75 bits per heavy atom. The van der Waals surface area contributed by atoms with Gasteiger partial charge in [-0.25, -0.2) is 0 Å². The minimum Gasteiger partial charge on any atom is -0.550 e. The number of carbonyl (C=O) groups is 2. The van der Waals surface area contributed by atoms with Gasteiger partial charge < -0.3 is 19.1 Å². The zero-order valence-electron chi connectivity index (χ0n) is 12.8. The molecule has 0 bridgehead atoms. The standard InChI is InChI=1S/C14H25NO4S/c1-11(20)7-5-6-8-14(18)19-12(9-13(16)17)10-15(2,3)4/h12H,5-10H2,1-4H3. The minimum absolute atomic E-state index is 0.264. The van der Waals surface area contributed by atoms with Crippen LogP contribution in [-0.4, -0.2) is 55.1 Å². The van der Waals surface area contributed by atoms with Gasteiger partial charge in [0.05, 0.1) is 21.1 Å². The maximum atomic E-state index is 11.7. The molecule has 0 aliphatic carbocycles. The van der Waals surface area contributed by atoms with Gasteiger partial charge in [0.1, 0.15) is 6.54 Å². The van der Waals surface area contributed by atoms with Gasteiger partial charge in [0.15, 0.2) is 6.10 Å². The summed E-state index contributed by atoms with van der Waals surface area (Å²) < 4.78 is 5.76. The number of aliphatic carboxylic acids is 1. The van der Waals surface area contributed by atoms with Gasteiger partial charge in [-0.2, -0.15) is 0 Å². The lowest BCUT2D eigenvalue weighted by Crippen LogP contribution is -2.45. The molecule has 0 fully saturated rings. The van der Waals surface area contributed by atoms with E-state index in [2.05, 4.69) is 0 Å². The van der Waals surface area contributed by atoms with E-state index in [1.807, 2.05) is 28.1 Å². The lowest BCUT2D eigenvalue weighted by atomic mass is 10.1. The highest BCUT2D eigenvalue weighted by Crippen LogP contribution is 2.08. The first-order valence-corrected chi connectivity index (χ1v) is 7.20. The number of carbonyl (C=O) groups excluding carboxylic acids is 2. The molecule has 5 nitrogen and oxygen atoms in total. The van der Waals surface area contributed by atoms with E-state index < -0.39 is 12.1 Å². The van der Waals surface area contributed by atoms with Gasteiger partial charge in [-0.15, -0.1) is 0 Å². The molecule has 0 aromatic carbocycles. The summed E-state index contributed by atoms with van der Waals surface area (Å²) in [6.07, 6.45) is 1.77. The average Bonchev–Trinajstić information content (AvgIpc) is 2.20. The summed E-state index contributed by atoms with van der Waals surface area (Å²) in [5.74, 6) is -1.56. The zero-order valence-corrected chi connectivity index (χ0v) is 13.6. The number of quaternary nitrogens is 1. The fraction of sp³-hybridized carbons (Fsp3) is 0.786. The van der Waals surface area contributed by atoms with Gasteiger partial charge >= 0.3 is 5.97 Å². The molecule has 0 saturated heterocycles. The molecule has 0 radical (unpaired) electrons. The van der Waals surface area contributed by atoms with Crippen LogP contribution in [-0.2, 0) is 14.3 Å². The van der Waals surface area contributed by atoms with Crippen molar-refractivity contribution in [2.45, 2.75) is 45.1 Å². The average molecular weight is 303 g/mol. The molecule has 0 N–H and O–H groups in total. The molecule has 0 amide bonds. The number of hydrogen-bond donors (Lipinski definition) is 0. The van der Waals surface area contributed by atoms with Gasteiger partial charge in [0, 0.05) is 18.8 Å². The normalized spacial score (nSPS) is 12.8. The van der Waals surface area contributed by atoms with Gasteiger partial charge in [-0.1, -0.05) is 12.2 Å². The van der Waals surface area contributed by atoms with Crippen LogP contribution in [0.4, 0.5) is 0 Å². The molecule has 116 valence electrons. The molecule has 1 atom stereocenters. The summed E-state index contributed by atoms with van der Waals surface area (Å²) in [7, 11) is 5.74. The van der Waals surface area contributed by atoms with Crippen molar-refractivity contribution in [1.29, 1.82) is 0 Å². The van der Waals surface area contributed by atoms with Crippen molar-refractivity contribution in [3.63, 3.8) is 0 Å². The van der Waals surface area contributed by atoms with Crippen LogP contribution >= 0.6 is 12.2 Å². The zero-order chi connectivity index (χ0) is 15.8. The quantitative estimate of drug-likeness (QED) is 0.257. The number of unbranched alkanes of at least 4 members (excludes halogenated alkanes) is 1. The summed E-state index contributed by atoms with van der Waals surface area (Å²) in [6.45, 7) is 2.32. The first-order chi connectivity index (χ1) is 9.10. The SMILES string of the molecule is CC(=S)CCCCC(=O)OC(CC(=O)[O-])C[N+](C)(C)C. The summed E-state index contributed by atoms with van der Waals surface area (Å²) in [5, 5.41) is 10.7. The van der Waals surface area contributed by atoms with Crippen LogP contribution in [0.5, 0.6) is 0 Å². The van der Waals surface area contributed by atoms with E-state index in [1.54, 1.807) is 0 Å². The van der Waals surface area contributed by atoms with Crippen molar-refractivity contribution in [1.82, 2.24) is 0 Å². The molecule has 0 saturated carbocycles. The van der Waals surface area contributed by atoms with E-state index >= 15 is 0 Å². The molecule has 0 heterocycles. The lowest BCUT2D eigenvalue weighted by molar-refractivity contribution is -0.873. The molecule has 1 unspecified atom stereocenters. The topological polar surface area (TPSA) is 66.4 Å². The number of nitrogens with zero attached hydrogens (tertiary/aromatic N) is 1. The number of carboxylic acids is 1. The van der Waals surface area contributed by atoms with Crippen LogP contribution in [0.2, 0.25) is 0 Å². The van der Waals surface area contributed by atoms with Gasteiger partial charge in [-0.3, -0.25) is 4.79 Å². The Balaban J connectivity index is 4.18. The van der Waals surface area contributed by atoms with Crippen LogP contribution in [0, 0.1) is 0 Å². The van der Waals surface area contributed by atoms with Crippen LogP contribution in [0.15, 0.2) is 0 Å². The Morgan fingerprint density at radius 3 is 2.20 bits per heavy atom. The number of esters is 1. The van der Waals surface area contributed by atoms with Crippen LogP contribution in [0.1, 0.15) is 39.0 Å². The molecule has 0 rings (SSSR count). The van der Waals surface area contributed by atoms with E-state index in [9.17, 15) is 14.7 Å². The molecular formula is C14H25NO4S. The van der Waals surface area contributed by atoms with E-state index in [0.717, 1.165) is 17.7 Å². The second-order valence-electron chi connectivity index (χ2n) is 6.07. The number of ether oxygens (including phenoxy) is 1. The van der Waals surface area contributed by atoms with Gasteiger partial charge in [0.2, 0.25) is 0 Å². The number of rotatable bonds is 10. The van der Waals surface area contributed by atoms with E-state index in [4.69, 9.17) is 17.0 Å². The van der Waals surface area contributed by atoms with Crippen LogP contribution in [0.3, 0.4) is 0 Å². The third-order valence-electron chi connectivity index (χ3n) is 2.60. The molecular weight excluding hydrogens is 278 g/mol. The smallest absolute Gasteiger partial charge is 0.306 e. The molecule has 0 aromatic heterocycles. The number of carboxylic acid groups (broad SMARTS) is 1. The number of likely N-dealkylation sites (N-methyl/N-ethyl adjacent to an activating group) is 1. The highest BCUT2D eigenvalue weighted by atomic mass is 32.1. The van der Waals surface area contributed by atoms with Crippen molar-refractivity contribution >= 4 is 29.0 Å². The summed E-state index contributed by atoms with van der Waals surface area (Å²) >= 11 is 4.96. The minimum atomic E-state index is -1.20. The molecule has 0 aliphatic rings. The second-order valence-corrected chi connectivity index (χ2v) is 6.77. The van der Waals surface area contributed by atoms with Crippen molar-refractivity contribution < 1.29 is 23.9 Å². The third kappa shape index (κ3) is 12.0. The predicted octanol–water partition coefficient (Wildman–Crippen LogP) is 0.695. The highest BCUT2D eigenvalue weighted by Gasteiger charge is 2.22. The van der Waals surface area contributed by atoms with Crippen molar-refractivity contribution in [3.05, 3.63) is 0 Å². The van der Waals surface area contributed by atoms with Gasteiger partial charge in [0.25, 0.3) is 0 Å². The van der Waals surface area contributed by atoms with Gasteiger partial charge in [-0.05, 0) is 31.1 Å². The van der Waals surface area contributed by atoms with Crippen LogP contribution < -0.4 is 5.11 Å². The number of hydrogen-bond acceptors (Lipinski definition) is 5. The molecule has 20 heavy (non-hydrogen) atoms. The van der Waals surface area contributed by atoms with Crippen molar-refractivity contribution in [2.24, 2.45) is 0 Å². The third-order valence-corrected chi connectivity index (χ3v) is 2.81. The highest BCUT2D eigenvalue weighted by molar-refractivity contribution is 7.80. The lowest BCUT2D eigenvalue weighted by Gasteiger charge is -2.29. The van der Waals surface area contributed by atoms with Crippen LogP contribution in [0.25, 0.3) is 0 Å². The summed E-state index contributed by atoms with van der Waals surface area (Å²) in [4.78, 5) is 23.3. The monoisotopic (exact) mass is 303 g/mol. The Hall–Kier alpha value is -1.01. The Kier molecular flexibility index (Phi) is 8.57. The first-order valence-electron chi connectivity index (χ1n) is 6.79. The maximum absolute atomic E-state index is 11.7. The molecule has 0 aromatic rings. The Morgan fingerprint density at radius 1 is 1.20 bits per heavy atom. The molecule has 0 spiro atoms. The maximum Gasteiger partial charge on any atom is 0.306 e. The molecule has 0 aliphatic heterocycles. The largest absolute Gasteiger partial charge is 0.550 e. The molecule has 6 heteroatoms. The fourth-order valence-corrected chi connectivity index (χ4v) is 1.97. The van der Waals surface area contributed by atoms with E-state index in [-0.39, 0.29) is 12.4 Å². The second kappa shape index (κ2) is 9.02. The Labute approximate surface area is 126 Å². The Bertz CT molecular complexity index is 350.